The van der Waals surface area contributed by atoms with Crippen molar-refractivity contribution < 1.29 is 0 Å². The molecule has 1 aromatic rings. The number of hydrogen-bond acceptors (Lipinski definition) is 3. The lowest BCUT2D eigenvalue weighted by Crippen LogP contribution is -2.32. The zero-order valence-electron chi connectivity index (χ0n) is 9.32. The fraction of sp³-hybridized carbons (Fsp3) is 0.583. The second kappa shape index (κ2) is 5.12. The Morgan fingerprint density at radius 2 is 2.00 bits per heavy atom. The SMILES string of the molecule is CN1CCC(CNc2ccncc2)CC1. The molecule has 0 radical (unpaired) electrons. The second-order valence-corrected chi connectivity index (χ2v) is 4.36. The van der Waals surface area contributed by atoms with Gasteiger partial charge in [0.15, 0.2) is 0 Å². The molecule has 1 aliphatic heterocycles. The van der Waals surface area contributed by atoms with E-state index in [1.165, 1.54) is 31.6 Å². The molecule has 0 bridgehead atoms. The van der Waals surface area contributed by atoms with Gasteiger partial charge in [-0.3, -0.25) is 4.98 Å². The molecule has 0 aromatic carbocycles. The Kier molecular flexibility index (Phi) is 3.56. The zero-order chi connectivity index (χ0) is 10.5. The lowest BCUT2D eigenvalue weighted by molar-refractivity contribution is 0.226. The summed E-state index contributed by atoms with van der Waals surface area (Å²) in [6.07, 6.45) is 6.29. The van der Waals surface area contributed by atoms with Gasteiger partial charge in [-0.15, -0.1) is 0 Å². The van der Waals surface area contributed by atoms with Gasteiger partial charge in [-0.25, -0.2) is 0 Å². The van der Waals surface area contributed by atoms with Gasteiger partial charge in [0.05, 0.1) is 0 Å². The minimum Gasteiger partial charge on any atom is -0.385 e. The maximum Gasteiger partial charge on any atom is 0.0371 e. The van der Waals surface area contributed by atoms with Crippen molar-refractivity contribution in [2.24, 2.45) is 5.92 Å². The standard InChI is InChI=1S/C12H19N3/c1-15-8-4-11(5-9-15)10-14-12-2-6-13-7-3-12/h2-3,6-7,11H,4-5,8-10H2,1H3,(H,13,14). The van der Waals surface area contributed by atoms with E-state index in [0.717, 1.165) is 12.5 Å². The van der Waals surface area contributed by atoms with E-state index in [-0.39, 0.29) is 0 Å². The molecule has 0 atom stereocenters. The minimum absolute atomic E-state index is 0.828. The van der Waals surface area contributed by atoms with Gasteiger partial charge >= 0.3 is 0 Å². The van der Waals surface area contributed by atoms with Crippen LogP contribution in [0.5, 0.6) is 0 Å². The normalized spacial score (nSPS) is 19.0. The van der Waals surface area contributed by atoms with Gasteiger partial charge in [0, 0.05) is 24.6 Å². The molecule has 1 N–H and O–H groups in total. The summed E-state index contributed by atoms with van der Waals surface area (Å²) in [5.74, 6) is 0.828. The van der Waals surface area contributed by atoms with Crippen LogP contribution < -0.4 is 5.32 Å². The van der Waals surface area contributed by atoms with Crippen molar-refractivity contribution in [2.45, 2.75) is 12.8 Å². The summed E-state index contributed by atoms with van der Waals surface area (Å²) in [5, 5.41) is 3.47. The van der Waals surface area contributed by atoms with Gasteiger partial charge in [0.1, 0.15) is 0 Å². The van der Waals surface area contributed by atoms with Crippen molar-refractivity contribution in [1.29, 1.82) is 0 Å². The predicted octanol–water partition coefficient (Wildman–Crippen LogP) is 1.84. The molecule has 1 saturated heterocycles. The van der Waals surface area contributed by atoms with E-state index in [2.05, 4.69) is 22.2 Å². The van der Waals surface area contributed by atoms with E-state index < -0.39 is 0 Å². The number of pyridine rings is 1. The molecule has 82 valence electrons. The Morgan fingerprint density at radius 3 is 2.67 bits per heavy atom. The van der Waals surface area contributed by atoms with E-state index in [0.29, 0.717) is 0 Å². The molecule has 15 heavy (non-hydrogen) atoms. The highest BCUT2D eigenvalue weighted by Gasteiger charge is 2.15. The fourth-order valence-electron chi connectivity index (χ4n) is 2.00. The van der Waals surface area contributed by atoms with Crippen LogP contribution >= 0.6 is 0 Å². The summed E-state index contributed by atoms with van der Waals surface area (Å²) in [7, 11) is 2.20. The number of nitrogens with one attached hydrogen (secondary N) is 1. The molecule has 3 heteroatoms. The topological polar surface area (TPSA) is 28.2 Å². The van der Waals surface area contributed by atoms with Crippen molar-refractivity contribution in [3.8, 4) is 0 Å². The summed E-state index contributed by atoms with van der Waals surface area (Å²) in [4.78, 5) is 6.41. The largest absolute Gasteiger partial charge is 0.385 e. The average molecular weight is 205 g/mol. The first-order valence-electron chi connectivity index (χ1n) is 5.67. The maximum atomic E-state index is 4.00. The average Bonchev–Trinajstić information content (AvgIpc) is 2.30. The van der Waals surface area contributed by atoms with Crippen molar-refractivity contribution >= 4 is 5.69 Å². The van der Waals surface area contributed by atoms with Crippen molar-refractivity contribution in [3.63, 3.8) is 0 Å². The molecular formula is C12H19N3. The maximum absolute atomic E-state index is 4.00. The molecule has 1 aromatic heterocycles. The van der Waals surface area contributed by atoms with Crippen molar-refractivity contribution in [2.75, 3.05) is 32.0 Å². The number of anilines is 1. The quantitative estimate of drug-likeness (QED) is 0.816. The molecule has 2 rings (SSSR count). The lowest BCUT2D eigenvalue weighted by atomic mass is 9.97. The highest BCUT2D eigenvalue weighted by molar-refractivity contribution is 5.40. The van der Waals surface area contributed by atoms with Gasteiger partial charge < -0.3 is 10.2 Å². The third-order valence-corrected chi connectivity index (χ3v) is 3.11. The van der Waals surface area contributed by atoms with Crippen LogP contribution in [0.2, 0.25) is 0 Å². The van der Waals surface area contributed by atoms with Crippen LogP contribution in [0.25, 0.3) is 0 Å². The molecule has 0 saturated carbocycles. The Hall–Kier alpha value is -1.09. The monoisotopic (exact) mass is 205 g/mol. The molecule has 1 fully saturated rings. The van der Waals surface area contributed by atoms with Gasteiger partial charge in [-0.1, -0.05) is 0 Å². The second-order valence-electron chi connectivity index (χ2n) is 4.36. The summed E-state index contributed by atoms with van der Waals surface area (Å²) >= 11 is 0. The van der Waals surface area contributed by atoms with E-state index in [9.17, 15) is 0 Å². The summed E-state index contributed by atoms with van der Waals surface area (Å²) in [6.45, 7) is 3.57. The number of piperidine rings is 1. The Labute approximate surface area is 91.5 Å². The minimum atomic E-state index is 0.828. The number of likely N-dealkylation sites (tertiary alicyclic amines) is 1. The number of nitrogens with zero attached hydrogens (tertiary/aromatic N) is 2. The van der Waals surface area contributed by atoms with Crippen LogP contribution in [0.3, 0.4) is 0 Å². The van der Waals surface area contributed by atoms with E-state index in [1.54, 1.807) is 0 Å². The van der Waals surface area contributed by atoms with Crippen LogP contribution in [0.1, 0.15) is 12.8 Å². The van der Waals surface area contributed by atoms with Crippen LogP contribution in [-0.4, -0.2) is 36.6 Å². The van der Waals surface area contributed by atoms with E-state index in [4.69, 9.17) is 0 Å². The molecule has 0 amide bonds. The first-order chi connectivity index (χ1) is 7.34. The highest BCUT2D eigenvalue weighted by atomic mass is 15.1. The molecule has 0 spiro atoms. The van der Waals surface area contributed by atoms with Crippen LogP contribution in [-0.2, 0) is 0 Å². The number of rotatable bonds is 3. The lowest BCUT2D eigenvalue weighted by Gasteiger charge is -2.29. The van der Waals surface area contributed by atoms with Crippen molar-refractivity contribution in [1.82, 2.24) is 9.88 Å². The number of aromatic nitrogens is 1. The first kappa shape index (κ1) is 10.4. The predicted molar refractivity (Wildman–Crippen MR) is 62.9 cm³/mol. The molecule has 0 unspecified atom stereocenters. The summed E-state index contributed by atoms with van der Waals surface area (Å²) in [5.41, 5.74) is 1.18. The van der Waals surface area contributed by atoms with Crippen molar-refractivity contribution in [3.05, 3.63) is 24.5 Å². The summed E-state index contributed by atoms with van der Waals surface area (Å²) < 4.78 is 0. The van der Waals surface area contributed by atoms with Crippen LogP contribution in [0.15, 0.2) is 24.5 Å². The van der Waals surface area contributed by atoms with Gasteiger partial charge in [0.25, 0.3) is 0 Å². The smallest absolute Gasteiger partial charge is 0.0371 e. The fourth-order valence-corrected chi connectivity index (χ4v) is 2.00. The third kappa shape index (κ3) is 3.20. The highest BCUT2D eigenvalue weighted by Crippen LogP contribution is 2.16. The molecule has 3 nitrogen and oxygen atoms in total. The van der Waals surface area contributed by atoms with Crippen LogP contribution in [0, 0.1) is 5.92 Å². The first-order valence-corrected chi connectivity index (χ1v) is 5.67. The van der Waals surface area contributed by atoms with E-state index in [1.807, 2.05) is 24.5 Å². The third-order valence-electron chi connectivity index (χ3n) is 3.11. The molecule has 2 heterocycles. The van der Waals surface area contributed by atoms with E-state index >= 15 is 0 Å². The molecule has 0 aliphatic carbocycles. The van der Waals surface area contributed by atoms with Gasteiger partial charge in [-0.2, -0.15) is 0 Å². The molecule has 1 aliphatic rings. The Balaban J connectivity index is 1.74. The van der Waals surface area contributed by atoms with Gasteiger partial charge in [-0.05, 0) is 51.0 Å². The Morgan fingerprint density at radius 1 is 1.33 bits per heavy atom. The molecular weight excluding hydrogens is 186 g/mol. The Bertz CT molecular complexity index is 278. The number of hydrogen-bond donors (Lipinski definition) is 1. The zero-order valence-corrected chi connectivity index (χ0v) is 9.32. The van der Waals surface area contributed by atoms with Crippen LogP contribution in [0.4, 0.5) is 5.69 Å². The summed E-state index contributed by atoms with van der Waals surface area (Å²) in [6, 6.07) is 4.05. The van der Waals surface area contributed by atoms with Gasteiger partial charge in [0.2, 0.25) is 0 Å².